The van der Waals surface area contributed by atoms with Gasteiger partial charge in [-0.15, -0.1) is 0 Å². The first kappa shape index (κ1) is 15.8. The number of nitro groups is 1. The number of amides is 1. The lowest BCUT2D eigenvalue weighted by Crippen LogP contribution is -2.24. The first-order valence-electron chi connectivity index (χ1n) is 7.40. The van der Waals surface area contributed by atoms with Crippen LogP contribution in [0.1, 0.15) is 6.92 Å². The van der Waals surface area contributed by atoms with Crippen LogP contribution in [-0.2, 0) is 11.3 Å². The number of anilines is 1. The summed E-state index contributed by atoms with van der Waals surface area (Å²) in [5.74, 6) is 0.605. The Morgan fingerprint density at radius 2 is 2.17 bits per heavy atom. The molecule has 9 nitrogen and oxygen atoms in total. The summed E-state index contributed by atoms with van der Waals surface area (Å²) in [7, 11) is 0. The number of rotatable bonds is 5. The molecule has 1 atom stereocenters. The van der Waals surface area contributed by atoms with E-state index in [0.29, 0.717) is 30.4 Å². The second-order valence-electron chi connectivity index (χ2n) is 5.43. The summed E-state index contributed by atoms with van der Waals surface area (Å²) < 4.78 is 12.3. The second kappa shape index (κ2) is 6.57. The van der Waals surface area contributed by atoms with Crippen LogP contribution in [0.3, 0.4) is 0 Å². The minimum absolute atomic E-state index is 0.102. The maximum absolute atomic E-state index is 12.3. The molecule has 3 rings (SSSR count). The molecule has 1 aromatic heterocycles. The van der Waals surface area contributed by atoms with Gasteiger partial charge < -0.3 is 14.8 Å². The molecule has 0 radical (unpaired) electrons. The highest BCUT2D eigenvalue weighted by Crippen LogP contribution is 2.32. The van der Waals surface area contributed by atoms with Gasteiger partial charge in [0.05, 0.1) is 17.4 Å². The number of hydrogen-bond donors (Lipinski definition) is 1. The highest BCUT2D eigenvalue weighted by atomic mass is 16.6. The third-order valence-electron chi connectivity index (χ3n) is 3.55. The molecule has 0 spiro atoms. The molecule has 0 bridgehead atoms. The van der Waals surface area contributed by atoms with E-state index < -0.39 is 10.8 Å². The average molecular weight is 332 g/mol. The molecule has 24 heavy (non-hydrogen) atoms. The van der Waals surface area contributed by atoms with Crippen molar-refractivity contribution in [2.75, 3.05) is 18.5 Å². The van der Waals surface area contributed by atoms with Crippen molar-refractivity contribution in [3.05, 3.63) is 40.7 Å². The van der Waals surface area contributed by atoms with Gasteiger partial charge in [0, 0.05) is 11.8 Å². The Bertz CT molecular complexity index is 773. The van der Waals surface area contributed by atoms with Crippen LogP contribution in [0.2, 0.25) is 0 Å². The molecule has 2 aromatic rings. The molecule has 126 valence electrons. The molecular weight excluding hydrogens is 316 g/mol. The van der Waals surface area contributed by atoms with Crippen molar-refractivity contribution in [3.8, 4) is 11.5 Å². The molecule has 1 amide bonds. The summed E-state index contributed by atoms with van der Waals surface area (Å²) in [6.07, 6.45) is 2.46. The number of carbonyl (C=O) groups excluding carboxylic acids is 1. The topological polar surface area (TPSA) is 109 Å². The van der Waals surface area contributed by atoms with Gasteiger partial charge in [-0.05, 0) is 12.1 Å². The number of nitrogens with zero attached hydrogens (tertiary/aromatic N) is 3. The summed E-state index contributed by atoms with van der Waals surface area (Å²) in [5.41, 5.74) is 0.497. The molecular formula is C15H16N4O5. The Balaban J connectivity index is 1.62. The third kappa shape index (κ3) is 3.45. The summed E-state index contributed by atoms with van der Waals surface area (Å²) >= 11 is 0. The van der Waals surface area contributed by atoms with E-state index in [4.69, 9.17) is 9.47 Å². The largest absolute Gasteiger partial charge is 0.486 e. The highest BCUT2D eigenvalue weighted by molar-refractivity contribution is 5.92. The quantitative estimate of drug-likeness (QED) is 0.661. The lowest BCUT2D eigenvalue weighted by Gasteiger charge is -2.19. The van der Waals surface area contributed by atoms with Crippen LogP contribution in [0.5, 0.6) is 11.5 Å². The predicted molar refractivity (Wildman–Crippen MR) is 84.1 cm³/mol. The molecule has 1 N–H and O–H groups in total. The third-order valence-corrected chi connectivity index (χ3v) is 3.55. The van der Waals surface area contributed by atoms with Crippen molar-refractivity contribution in [3.63, 3.8) is 0 Å². The fourth-order valence-corrected chi connectivity index (χ4v) is 2.30. The normalized spacial score (nSPS) is 14.0. The van der Waals surface area contributed by atoms with Crippen molar-refractivity contribution >= 4 is 17.3 Å². The summed E-state index contributed by atoms with van der Waals surface area (Å²) in [6.45, 7) is 2.94. The van der Waals surface area contributed by atoms with E-state index in [0.717, 1.165) is 6.20 Å². The maximum atomic E-state index is 12.3. The Morgan fingerprint density at radius 1 is 1.42 bits per heavy atom. The Morgan fingerprint density at radius 3 is 2.88 bits per heavy atom. The fraction of sp³-hybridized carbons (Fsp3) is 0.333. The van der Waals surface area contributed by atoms with Crippen LogP contribution in [0.4, 0.5) is 11.4 Å². The molecule has 9 heteroatoms. The van der Waals surface area contributed by atoms with Crippen molar-refractivity contribution < 1.29 is 19.2 Å². The van der Waals surface area contributed by atoms with Crippen LogP contribution in [0, 0.1) is 16.0 Å². The molecule has 0 aliphatic carbocycles. The van der Waals surface area contributed by atoms with Crippen LogP contribution in [0.15, 0.2) is 30.6 Å². The van der Waals surface area contributed by atoms with Gasteiger partial charge in [0.15, 0.2) is 11.5 Å². The molecule has 0 saturated heterocycles. The predicted octanol–water partition coefficient (Wildman–Crippen LogP) is 1.84. The number of hydrogen-bond acceptors (Lipinski definition) is 6. The maximum Gasteiger partial charge on any atom is 0.306 e. The van der Waals surface area contributed by atoms with Gasteiger partial charge in [-0.2, -0.15) is 5.10 Å². The zero-order chi connectivity index (χ0) is 17.1. The number of carbonyl (C=O) groups is 1. The van der Waals surface area contributed by atoms with E-state index in [1.807, 2.05) is 0 Å². The van der Waals surface area contributed by atoms with E-state index in [1.165, 1.54) is 10.9 Å². The zero-order valence-electron chi connectivity index (χ0n) is 13.0. The van der Waals surface area contributed by atoms with E-state index in [1.54, 1.807) is 25.1 Å². The minimum Gasteiger partial charge on any atom is -0.486 e. The number of fused-ring (bicyclic) bond motifs is 1. The Kier molecular flexibility index (Phi) is 4.32. The molecule has 1 aliphatic rings. The van der Waals surface area contributed by atoms with Gasteiger partial charge >= 0.3 is 5.69 Å². The van der Waals surface area contributed by atoms with Gasteiger partial charge in [-0.25, -0.2) is 0 Å². The van der Waals surface area contributed by atoms with Crippen molar-refractivity contribution in [1.29, 1.82) is 0 Å². The van der Waals surface area contributed by atoms with Crippen LogP contribution >= 0.6 is 0 Å². The van der Waals surface area contributed by atoms with Crippen LogP contribution in [-0.4, -0.2) is 33.8 Å². The first-order valence-corrected chi connectivity index (χ1v) is 7.40. The molecule has 1 aliphatic heterocycles. The number of ether oxygens (including phenoxy) is 2. The van der Waals surface area contributed by atoms with Crippen LogP contribution in [0.25, 0.3) is 0 Å². The van der Waals surface area contributed by atoms with Gasteiger partial charge in [0.25, 0.3) is 0 Å². The van der Waals surface area contributed by atoms with Gasteiger partial charge in [0.2, 0.25) is 5.91 Å². The minimum atomic E-state index is -0.524. The van der Waals surface area contributed by atoms with E-state index >= 15 is 0 Å². The molecule has 1 unspecified atom stereocenters. The lowest BCUT2D eigenvalue weighted by molar-refractivity contribution is -0.385. The smallest absolute Gasteiger partial charge is 0.306 e. The first-order chi connectivity index (χ1) is 11.5. The fourth-order valence-electron chi connectivity index (χ4n) is 2.30. The van der Waals surface area contributed by atoms with Gasteiger partial charge in [0.1, 0.15) is 25.6 Å². The number of nitrogens with one attached hydrogen (secondary N) is 1. The van der Waals surface area contributed by atoms with Gasteiger partial charge in [-0.3, -0.25) is 19.6 Å². The lowest BCUT2D eigenvalue weighted by atomic mass is 10.1. The van der Waals surface area contributed by atoms with E-state index in [-0.39, 0.29) is 18.1 Å². The van der Waals surface area contributed by atoms with Crippen molar-refractivity contribution in [1.82, 2.24) is 9.78 Å². The monoisotopic (exact) mass is 332 g/mol. The zero-order valence-corrected chi connectivity index (χ0v) is 13.0. The van der Waals surface area contributed by atoms with Crippen molar-refractivity contribution in [2.24, 2.45) is 5.92 Å². The van der Waals surface area contributed by atoms with E-state index in [2.05, 4.69) is 10.4 Å². The molecule has 2 heterocycles. The second-order valence-corrected chi connectivity index (χ2v) is 5.43. The summed E-state index contributed by atoms with van der Waals surface area (Å²) in [4.78, 5) is 22.4. The van der Waals surface area contributed by atoms with Gasteiger partial charge in [-0.1, -0.05) is 6.92 Å². The highest BCUT2D eigenvalue weighted by Gasteiger charge is 2.18. The summed E-state index contributed by atoms with van der Waals surface area (Å²) in [6, 6.07) is 5.18. The molecule has 1 aromatic carbocycles. The molecule has 0 fully saturated rings. The Hall–Kier alpha value is -3.10. The standard InChI is InChI=1S/C15H16N4O5/c1-10(8-18-9-12(7-16-18)19(21)22)15(20)17-11-2-3-13-14(6-11)24-5-4-23-13/h2-3,6-7,9-10H,4-5,8H2,1H3,(H,17,20). The SMILES string of the molecule is CC(Cn1cc([N+](=O)[O-])cn1)C(=O)Nc1ccc2c(c1)OCCO2. The average Bonchev–Trinajstić information content (AvgIpc) is 3.03. The Labute approximate surface area is 137 Å². The number of benzene rings is 1. The van der Waals surface area contributed by atoms with E-state index in [9.17, 15) is 14.9 Å². The van der Waals surface area contributed by atoms with Crippen LogP contribution < -0.4 is 14.8 Å². The number of aromatic nitrogens is 2. The molecule has 0 saturated carbocycles. The summed E-state index contributed by atoms with van der Waals surface area (Å²) in [5, 5.41) is 17.3. The van der Waals surface area contributed by atoms with Crippen molar-refractivity contribution in [2.45, 2.75) is 13.5 Å².